The van der Waals surface area contributed by atoms with Crippen LogP contribution in [0.15, 0.2) is 54.7 Å². The summed E-state index contributed by atoms with van der Waals surface area (Å²) in [6.07, 6.45) is -3.82. The third-order valence-electron chi connectivity index (χ3n) is 4.66. The van der Waals surface area contributed by atoms with Crippen molar-refractivity contribution in [2.24, 2.45) is 0 Å². The van der Waals surface area contributed by atoms with Crippen LogP contribution in [0.25, 0.3) is 0 Å². The largest absolute Gasteiger partial charge is 0.495 e. The second-order valence-corrected chi connectivity index (χ2v) is 6.62. The van der Waals surface area contributed by atoms with Crippen LogP contribution < -0.4 is 19.3 Å². The Morgan fingerprint density at radius 1 is 0.968 bits per heavy atom. The molecule has 2 aromatic carbocycles. The van der Waals surface area contributed by atoms with E-state index in [9.17, 15) is 13.2 Å². The summed E-state index contributed by atoms with van der Waals surface area (Å²) in [6.45, 7) is 2.42. The number of hydrogen-bond acceptors (Lipinski definition) is 6. The van der Waals surface area contributed by atoms with Crippen molar-refractivity contribution in [3.8, 4) is 11.5 Å². The summed E-state index contributed by atoms with van der Waals surface area (Å²) in [7, 11) is 4.66. The third kappa shape index (κ3) is 4.82. The second kappa shape index (κ2) is 9.11. The third-order valence-corrected chi connectivity index (χ3v) is 4.66. The zero-order valence-corrected chi connectivity index (χ0v) is 17.6. The zero-order valence-electron chi connectivity index (χ0n) is 17.6. The molecule has 0 fully saturated rings. The van der Waals surface area contributed by atoms with Gasteiger partial charge in [-0.05, 0) is 43.3 Å². The Labute approximate surface area is 178 Å². The van der Waals surface area contributed by atoms with Crippen molar-refractivity contribution < 1.29 is 22.6 Å². The molecule has 164 valence electrons. The number of nitrogens with zero attached hydrogens (tertiary/aromatic N) is 4. The highest BCUT2D eigenvalue weighted by molar-refractivity contribution is 5.70. The van der Waals surface area contributed by atoms with E-state index in [-0.39, 0.29) is 11.8 Å². The van der Waals surface area contributed by atoms with E-state index in [1.165, 1.54) is 19.1 Å². The van der Waals surface area contributed by atoms with Crippen LogP contribution in [-0.4, -0.2) is 37.8 Å². The lowest BCUT2D eigenvalue weighted by Gasteiger charge is -2.26. The van der Waals surface area contributed by atoms with Gasteiger partial charge in [-0.3, -0.25) is 0 Å². The van der Waals surface area contributed by atoms with Gasteiger partial charge >= 0.3 is 6.18 Å². The quantitative estimate of drug-likeness (QED) is 0.496. The van der Waals surface area contributed by atoms with Crippen LogP contribution in [0.1, 0.15) is 12.5 Å². The van der Waals surface area contributed by atoms with Gasteiger partial charge in [-0.15, -0.1) is 0 Å². The first-order chi connectivity index (χ1) is 14.8. The normalized spacial score (nSPS) is 11.2. The van der Waals surface area contributed by atoms with Crippen LogP contribution in [0.4, 0.5) is 36.3 Å². The molecule has 3 rings (SSSR count). The molecule has 0 aliphatic heterocycles. The van der Waals surface area contributed by atoms with Gasteiger partial charge in [-0.25, -0.2) is 4.98 Å². The standard InChI is InChI=1S/C22H23F3N4O2/c1-5-31-16-12-10-15(11-13-16)28(2)21-26-14-17(22(23,24)25)20(27-21)29(3)18-8-6-7-9-19(18)30-4/h6-14H,5H2,1-4H3. The average Bonchev–Trinajstić information content (AvgIpc) is 2.77. The molecule has 0 unspecified atom stereocenters. The van der Waals surface area contributed by atoms with Gasteiger partial charge in [-0.1, -0.05) is 12.1 Å². The van der Waals surface area contributed by atoms with Crippen molar-refractivity contribution in [1.82, 2.24) is 9.97 Å². The molecule has 3 aromatic rings. The monoisotopic (exact) mass is 432 g/mol. The molecule has 31 heavy (non-hydrogen) atoms. The molecule has 0 aliphatic rings. The highest BCUT2D eigenvalue weighted by atomic mass is 19.4. The molecule has 0 radical (unpaired) electrons. The van der Waals surface area contributed by atoms with E-state index in [1.54, 1.807) is 60.5 Å². The summed E-state index contributed by atoms with van der Waals surface area (Å²) >= 11 is 0. The molecule has 1 aromatic heterocycles. The van der Waals surface area contributed by atoms with Crippen molar-refractivity contribution >= 4 is 23.1 Å². The maximum absolute atomic E-state index is 13.7. The summed E-state index contributed by atoms with van der Waals surface area (Å²) in [5, 5.41) is 0. The summed E-state index contributed by atoms with van der Waals surface area (Å²) in [5.74, 6) is 0.969. The number of aromatic nitrogens is 2. The highest BCUT2D eigenvalue weighted by Crippen LogP contribution is 2.40. The minimum atomic E-state index is -4.62. The minimum absolute atomic E-state index is 0.119. The van der Waals surface area contributed by atoms with Crippen LogP contribution in [-0.2, 0) is 6.18 Å². The smallest absolute Gasteiger partial charge is 0.421 e. The molecule has 0 atom stereocenters. The predicted molar refractivity (Wildman–Crippen MR) is 114 cm³/mol. The number of alkyl halides is 3. The van der Waals surface area contributed by atoms with E-state index in [2.05, 4.69) is 9.97 Å². The van der Waals surface area contributed by atoms with Crippen LogP contribution in [0.2, 0.25) is 0 Å². The SMILES string of the molecule is CCOc1ccc(N(C)c2ncc(C(F)(F)F)c(N(C)c3ccccc3OC)n2)cc1. The molecule has 1 heterocycles. The summed E-state index contributed by atoms with van der Waals surface area (Å²) in [6, 6.07) is 13.9. The fraction of sp³-hybridized carbons (Fsp3) is 0.273. The predicted octanol–water partition coefficient (Wildman–Crippen LogP) is 5.44. The summed E-state index contributed by atoms with van der Waals surface area (Å²) < 4.78 is 51.9. The number of methoxy groups -OCH3 is 1. The van der Waals surface area contributed by atoms with Crippen LogP contribution in [0.3, 0.4) is 0 Å². The first kappa shape index (κ1) is 22.2. The molecule has 9 heteroatoms. The Morgan fingerprint density at radius 3 is 2.26 bits per heavy atom. The van der Waals surface area contributed by atoms with Gasteiger partial charge in [0.1, 0.15) is 17.1 Å². The van der Waals surface area contributed by atoms with Crippen molar-refractivity contribution in [3.63, 3.8) is 0 Å². The number of halogens is 3. The number of ether oxygens (including phenoxy) is 2. The van der Waals surface area contributed by atoms with Gasteiger partial charge in [0, 0.05) is 26.0 Å². The Hall–Kier alpha value is -3.49. The maximum Gasteiger partial charge on any atom is 0.421 e. The van der Waals surface area contributed by atoms with Crippen LogP contribution in [0, 0.1) is 0 Å². The van der Waals surface area contributed by atoms with Gasteiger partial charge in [0.15, 0.2) is 5.82 Å². The first-order valence-electron chi connectivity index (χ1n) is 9.53. The number of hydrogen-bond donors (Lipinski definition) is 0. The molecular weight excluding hydrogens is 409 g/mol. The van der Waals surface area contributed by atoms with Crippen molar-refractivity contribution in [3.05, 3.63) is 60.3 Å². The Kier molecular flexibility index (Phi) is 6.53. The topological polar surface area (TPSA) is 50.7 Å². The van der Waals surface area contributed by atoms with E-state index in [0.717, 1.165) is 6.20 Å². The maximum atomic E-state index is 13.7. The van der Waals surface area contributed by atoms with Crippen molar-refractivity contribution in [2.75, 3.05) is 37.6 Å². The molecule has 0 saturated carbocycles. The van der Waals surface area contributed by atoms with Gasteiger partial charge in [0.2, 0.25) is 5.95 Å². The molecule has 0 saturated heterocycles. The number of benzene rings is 2. The second-order valence-electron chi connectivity index (χ2n) is 6.62. The molecule has 0 aliphatic carbocycles. The minimum Gasteiger partial charge on any atom is -0.495 e. The number of para-hydroxylation sites is 2. The lowest BCUT2D eigenvalue weighted by molar-refractivity contribution is -0.137. The van der Waals surface area contributed by atoms with E-state index >= 15 is 0 Å². The number of anilines is 4. The molecule has 0 amide bonds. The van der Waals surface area contributed by atoms with Gasteiger partial charge in [0.25, 0.3) is 0 Å². The average molecular weight is 432 g/mol. The van der Waals surface area contributed by atoms with E-state index < -0.39 is 11.7 Å². The first-order valence-corrected chi connectivity index (χ1v) is 9.53. The van der Waals surface area contributed by atoms with Crippen molar-refractivity contribution in [1.29, 1.82) is 0 Å². The lowest BCUT2D eigenvalue weighted by Crippen LogP contribution is -2.22. The van der Waals surface area contributed by atoms with Crippen LogP contribution >= 0.6 is 0 Å². The van der Waals surface area contributed by atoms with E-state index in [4.69, 9.17) is 9.47 Å². The van der Waals surface area contributed by atoms with Crippen LogP contribution in [0.5, 0.6) is 11.5 Å². The van der Waals surface area contributed by atoms with Gasteiger partial charge in [0.05, 0.1) is 19.4 Å². The Bertz CT molecular complexity index is 1030. The molecule has 0 bridgehead atoms. The molecule has 0 spiro atoms. The Balaban J connectivity index is 2.04. The Morgan fingerprint density at radius 2 is 1.65 bits per heavy atom. The molecular formula is C22H23F3N4O2. The summed E-state index contributed by atoms with van der Waals surface area (Å²) in [4.78, 5) is 11.2. The van der Waals surface area contributed by atoms with E-state index in [1.807, 2.05) is 6.92 Å². The van der Waals surface area contributed by atoms with Gasteiger partial charge in [-0.2, -0.15) is 18.2 Å². The fourth-order valence-electron chi connectivity index (χ4n) is 3.05. The summed E-state index contributed by atoms with van der Waals surface area (Å²) in [5.41, 5.74) is 0.211. The van der Waals surface area contributed by atoms with Gasteiger partial charge < -0.3 is 19.3 Å². The lowest BCUT2D eigenvalue weighted by atomic mass is 10.2. The fourth-order valence-corrected chi connectivity index (χ4v) is 3.05. The zero-order chi connectivity index (χ0) is 22.6. The highest BCUT2D eigenvalue weighted by Gasteiger charge is 2.37. The number of rotatable bonds is 7. The molecule has 6 nitrogen and oxygen atoms in total. The molecule has 0 N–H and O–H groups in total. The van der Waals surface area contributed by atoms with Crippen molar-refractivity contribution in [2.45, 2.75) is 13.1 Å². The van der Waals surface area contributed by atoms with E-state index in [0.29, 0.717) is 29.5 Å².